The van der Waals surface area contributed by atoms with Gasteiger partial charge in [0.2, 0.25) is 5.91 Å². The maximum atomic E-state index is 11.3. The summed E-state index contributed by atoms with van der Waals surface area (Å²) >= 11 is 4.86. The zero-order chi connectivity index (χ0) is 10.9. The van der Waals surface area contributed by atoms with Crippen molar-refractivity contribution in [3.05, 3.63) is 15.3 Å². The van der Waals surface area contributed by atoms with E-state index in [4.69, 9.17) is 18.0 Å². The molecule has 0 aliphatic carbocycles. The summed E-state index contributed by atoms with van der Waals surface area (Å²) in [4.78, 5) is 22.4. The lowest BCUT2D eigenvalue weighted by Crippen LogP contribution is -2.35. The van der Waals surface area contributed by atoms with E-state index in [1.165, 1.54) is 0 Å². The lowest BCUT2D eigenvalue weighted by molar-refractivity contribution is -0.122. The molecule has 1 aromatic heterocycles. The highest BCUT2D eigenvalue weighted by molar-refractivity contribution is 7.71. The minimum Gasteiger partial charge on any atom is -0.368 e. The normalized spacial score (nSPS) is 13.1. The van der Waals surface area contributed by atoms with Gasteiger partial charge in [-0.1, -0.05) is 13.8 Å². The molecule has 0 saturated heterocycles. The molecule has 0 aliphatic heterocycles. The van der Waals surface area contributed by atoms with E-state index in [9.17, 15) is 9.59 Å². The van der Waals surface area contributed by atoms with Crippen LogP contribution < -0.4 is 11.4 Å². The molecule has 7 heteroatoms. The van der Waals surface area contributed by atoms with Crippen LogP contribution in [0.2, 0.25) is 0 Å². The maximum Gasteiger partial charge on any atom is 0.343 e. The Balaban J connectivity index is 3.32. The first kappa shape index (κ1) is 10.7. The van der Waals surface area contributed by atoms with E-state index in [0.717, 1.165) is 4.57 Å². The van der Waals surface area contributed by atoms with Crippen LogP contribution in [0.25, 0.3) is 0 Å². The number of carbonyl (C=O) groups is 1. The molecule has 14 heavy (non-hydrogen) atoms. The van der Waals surface area contributed by atoms with Crippen LogP contribution in [0.4, 0.5) is 0 Å². The molecular weight excluding hydrogens is 204 g/mol. The smallest absolute Gasteiger partial charge is 0.343 e. The molecule has 4 N–H and O–H groups in total. The summed E-state index contributed by atoms with van der Waals surface area (Å²) in [6.45, 7) is 3.59. The number of hydrogen-bond donors (Lipinski definition) is 3. The Kier molecular flexibility index (Phi) is 2.90. The third-order valence-electron chi connectivity index (χ3n) is 1.92. The minimum absolute atomic E-state index is 0.0869. The minimum atomic E-state index is -0.711. The molecule has 1 amide bonds. The van der Waals surface area contributed by atoms with Crippen LogP contribution in [0.15, 0.2) is 4.79 Å². The van der Waals surface area contributed by atoms with E-state index in [1.807, 2.05) is 0 Å². The molecule has 6 nitrogen and oxygen atoms in total. The van der Waals surface area contributed by atoms with Gasteiger partial charge in [0.25, 0.3) is 0 Å². The number of primary amides is 1. The van der Waals surface area contributed by atoms with Crippen molar-refractivity contribution in [2.75, 3.05) is 0 Å². The number of hydrogen-bond acceptors (Lipinski definition) is 3. The number of nitrogens with two attached hydrogens (primary N) is 1. The Morgan fingerprint density at radius 2 is 2.07 bits per heavy atom. The second-order valence-corrected chi connectivity index (χ2v) is 3.71. The summed E-state index contributed by atoms with van der Waals surface area (Å²) in [6.07, 6.45) is 0. The van der Waals surface area contributed by atoms with E-state index in [2.05, 4.69) is 10.2 Å². The Morgan fingerprint density at radius 1 is 1.50 bits per heavy atom. The van der Waals surface area contributed by atoms with Crippen LogP contribution >= 0.6 is 12.2 Å². The van der Waals surface area contributed by atoms with Gasteiger partial charge >= 0.3 is 5.69 Å². The van der Waals surface area contributed by atoms with Crippen LogP contribution in [-0.4, -0.2) is 20.7 Å². The van der Waals surface area contributed by atoms with Gasteiger partial charge in [0, 0.05) is 0 Å². The van der Waals surface area contributed by atoms with Crippen molar-refractivity contribution in [3.63, 3.8) is 0 Å². The molecule has 1 rings (SSSR count). The van der Waals surface area contributed by atoms with E-state index < -0.39 is 17.6 Å². The lowest BCUT2D eigenvalue weighted by atomic mass is 10.0. The van der Waals surface area contributed by atoms with Crippen LogP contribution in [0.1, 0.15) is 19.9 Å². The fourth-order valence-corrected chi connectivity index (χ4v) is 1.57. The Hall–Kier alpha value is -1.37. The summed E-state index contributed by atoms with van der Waals surface area (Å²) in [5.74, 6) is -0.655. The highest BCUT2D eigenvalue weighted by atomic mass is 32.1. The predicted octanol–water partition coefficient (Wildman–Crippen LogP) is -0.0836. The van der Waals surface area contributed by atoms with Crippen LogP contribution in [0.5, 0.6) is 0 Å². The fraction of sp³-hybridized carbons (Fsp3) is 0.571. The third kappa shape index (κ3) is 1.77. The monoisotopic (exact) mass is 216 g/mol. The zero-order valence-electron chi connectivity index (χ0n) is 7.90. The third-order valence-corrected chi connectivity index (χ3v) is 2.21. The molecule has 0 aliphatic rings. The highest BCUT2D eigenvalue weighted by Gasteiger charge is 2.24. The first-order chi connectivity index (χ1) is 6.45. The number of amides is 1. The van der Waals surface area contributed by atoms with E-state index in [-0.39, 0.29) is 10.7 Å². The van der Waals surface area contributed by atoms with Gasteiger partial charge in [-0.05, 0) is 18.1 Å². The van der Waals surface area contributed by atoms with Gasteiger partial charge in [0.1, 0.15) is 6.04 Å². The van der Waals surface area contributed by atoms with E-state index in [0.29, 0.717) is 0 Å². The number of aromatic nitrogens is 3. The van der Waals surface area contributed by atoms with Crippen molar-refractivity contribution >= 4 is 18.1 Å². The van der Waals surface area contributed by atoms with Crippen LogP contribution in [0, 0.1) is 10.7 Å². The van der Waals surface area contributed by atoms with E-state index in [1.54, 1.807) is 13.8 Å². The summed E-state index contributed by atoms with van der Waals surface area (Å²) in [6, 6.07) is -0.711. The van der Waals surface area contributed by atoms with E-state index >= 15 is 0 Å². The van der Waals surface area contributed by atoms with Crippen LogP contribution in [-0.2, 0) is 4.79 Å². The SMILES string of the molecule is CC(C)C(C(N)=O)n1c(=O)[nH][nH]c1=S. The second-order valence-electron chi connectivity index (χ2n) is 3.32. The topological polar surface area (TPSA) is 96.7 Å². The quantitative estimate of drug-likeness (QED) is 0.616. The van der Waals surface area contributed by atoms with Crippen LogP contribution in [0.3, 0.4) is 0 Å². The molecule has 0 radical (unpaired) electrons. The molecule has 0 spiro atoms. The first-order valence-electron chi connectivity index (χ1n) is 4.13. The zero-order valence-corrected chi connectivity index (χ0v) is 8.72. The fourth-order valence-electron chi connectivity index (χ4n) is 1.33. The number of H-pyrrole nitrogens is 2. The second kappa shape index (κ2) is 3.79. The largest absolute Gasteiger partial charge is 0.368 e. The molecule has 0 bridgehead atoms. The molecular formula is C7H12N4O2S. The molecule has 1 aromatic rings. The maximum absolute atomic E-state index is 11.3. The summed E-state index contributed by atoms with van der Waals surface area (Å²) in [7, 11) is 0. The van der Waals surface area contributed by atoms with Crippen molar-refractivity contribution in [3.8, 4) is 0 Å². The summed E-state index contributed by atoms with van der Waals surface area (Å²) < 4.78 is 1.33. The highest BCUT2D eigenvalue weighted by Crippen LogP contribution is 2.14. The van der Waals surface area contributed by atoms with Gasteiger partial charge in [0.05, 0.1) is 0 Å². The molecule has 0 saturated carbocycles. The van der Waals surface area contributed by atoms with Crippen molar-refractivity contribution < 1.29 is 4.79 Å². The van der Waals surface area contributed by atoms with Gasteiger partial charge in [0.15, 0.2) is 4.77 Å². The van der Waals surface area contributed by atoms with Gasteiger partial charge in [-0.25, -0.2) is 9.89 Å². The first-order valence-corrected chi connectivity index (χ1v) is 4.54. The number of nitrogens with zero attached hydrogens (tertiary/aromatic N) is 1. The average Bonchev–Trinajstić information content (AvgIpc) is 2.34. The molecule has 0 fully saturated rings. The Morgan fingerprint density at radius 3 is 2.36 bits per heavy atom. The van der Waals surface area contributed by atoms with Crippen molar-refractivity contribution in [1.29, 1.82) is 0 Å². The molecule has 1 heterocycles. The number of aromatic amines is 2. The van der Waals surface area contributed by atoms with Crippen molar-refractivity contribution in [1.82, 2.24) is 14.8 Å². The number of rotatable bonds is 3. The lowest BCUT2D eigenvalue weighted by Gasteiger charge is -2.16. The van der Waals surface area contributed by atoms with Gasteiger partial charge in [-0.15, -0.1) is 0 Å². The summed E-state index contributed by atoms with van der Waals surface area (Å²) in [5.41, 5.74) is 4.74. The van der Waals surface area contributed by atoms with Crippen molar-refractivity contribution in [2.24, 2.45) is 11.7 Å². The predicted molar refractivity (Wildman–Crippen MR) is 53.3 cm³/mol. The standard InChI is InChI=1S/C7H12N4O2S/c1-3(2)4(5(8)12)11-6(13)9-10-7(11)14/h3-4H,1-2H3,(H2,8,12)(H,9,13)(H,10,14). The summed E-state index contributed by atoms with van der Waals surface area (Å²) in [5, 5.41) is 4.76. The van der Waals surface area contributed by atoms with Gasteiger partial charge in [-0.3, -0.25) is 14.5 Å². The number of carbonyl (C=O) groups excluding carboxylic acids is 1. The molecule has 78 valence electrons. The molecule has 1 unspecified atom stereocenters. The van der Waals surface area contributed by atoms with Gasteiger partial charge < -0.3 is 5.73 Å². The van der Waals surface area contributed by atoms with Crippen molar-refractivity contribution in [2.45, 2.75) is 19.9 Å². The average molecular weight is 216 g/mol. The Bertz CT molecular complexity index is 414. The molecule has 0 aromatic carbocycles. The van der Waals surface area contributed by atoms with Gasteiger partial charge in [-0.2, -0.15) is 0 Å². The number of nitrogens with one attached hydrogen (secondary N) is 2. The molecule has 1 atom stereocenters. The Labute approximate surface area is 85.1 Å².